The molecule has 7 heteroatoms. The molecule has 0 aliphatic heterocycles. The summed E-state index contributed by atoms with van der Waals surface area (Å²) in [5.41, 5.74) is 0.535. The van der Waals surface area contributed by atoms with Crippen LogP contribution in [0.5, 0.6) is 0 Å². The van der Waals surface area contributed by atoms with Crippen LogP contribution in [0.1, 0.15) is 32.2 Å². The standard InChI is InChI=1S/C10H20N4O2S/c1-7-9(8(6-11-5)13-12-7)17(15,16)14-10(2,3)4/h11,14H,6H2,1-5H3,(H,12,13). The topological polar surface area (TPSA) is 86.9 Å². The number of hydrogen-bond donors (Lipinski definition) is 3. The van der Waals surface area contributed by atoms with E-state index >= 15 is 0 Å². The average molecular weight is 260 g/mol. The Labute approximate surface area is 102 Å². The molecular weight excluding hydrogens is 240 g/mol. The Morgan fingerprint density at radius 3 is 2.41 bits per heavy atom. The molecule has 0 aromatic carbocycles. The van der Waals surface area contributed by atoms with Gasteiger partial charge >= 0.3 is 0 Å². The molecule has 98 valence electrons. The fourth-order valence-electron chi connectivity index (χ4n) is 1.57. The normalized spacial score (nSPS) is 13.0. The minimum absolute atomic E-state index is 0.238. The van der Waals surface area contributed by atoms with Crippen molar-refractivity contribution in [2.24, 2.45) is 0 Å². The molecule has 6 nitrogen and oxygen atoms in total. The lowest BCUT2D eigenvalue weighted by atomic mass is 10.1. The Kier molecular flexibility index (Phi) is 3.95. The van der Waals surface area contributed by atoms with Crippen molar-refractivity contribution < 1.29 is 8.42 Å². The Hall–Kier alpha value is -0.920. The second-order valence-electron chi connectivity index (χ2n) is 5.01. The first-order chi connectivity index (χ1) is 7.67. The molecule has 1 heterocycles. The summed E-state index contributed by atoms with van der Waals surface area (Å²) in [5.74, 6) is 0. The van der Waals surface area contributed by atoms with Crippen molar-refractivity contribution in [2.45, 2.75) is 44.7 Å². The summed E-state index contributed by atoms with van der Waals surface area (Å²) < 4.78 is 27.1. The molecule has 0 amide bonds. The molecule has 0 spiro atoms. The maximum absolute atomic E-state index is 12.2. The van der Waals surface area contributed by atoms with Gasteiger partial charge in [-0.05, 0) is 34.7 Å². The highest BCUT2D eigenvalue weighted by Crippen LogP contribution is 2.19. The van der Waals surface area contributed by atoms with Crippen molar-refractivity contribution in [3.8, 4) is 0 Å². The maximum atomic E-state index is 12.2. The smallest absolute Gasteiger partial charge is 0.244 e. The van der Waals surface area contributed by atoms with Gasteiger partial charge in [0, 0.05) is 12.1 Å². The van der Waals surface area contributed by atoms with Crippen molar-refractivity contribution in [1.29, 1.82) is 0 Å². The molecule has 1 aromatic rings. The molecule has 0 radical (unpaired) electrons. The van der Waals surface area contributed by atoms with Crippen LogP contribution in [0.25, 0.3) is 0 Å². The Bertz CT molecular complexity index is 485. The monoisotopic (exact) mass is 260 g/mol. The van der Waals surface area contributed by atoms with Crippen LogP contribution in [0.4, 0.5) is 0 Å². The zero-order chi connectivity index (χ0) is 13.3. The average Bonchev–Trinajstić information content (AvgIpc) is 2.43. The predicted molar refractivity (Wildman–Crippen MR) is 66.2 cm³/mol. The molecule has 0 atom stereocenters. The molecule has 3 N–H and O–H groups in total. The molecule has 0 unspecified atom stereocenters. The number of rotatable bonds is 4. The second kappa shape index (κ2) is 4.75. The van der Waals surface area contributed by atoms with E-state index in [2.05, 4.69) is 20.2 Å². The van der Waals surface area contributed by atoms with E-state index in [0.29, 0.717) is 17.9 Å². The first-order valence-electron chi connectivity index (χ1n) is 5.40. The van der Waals surface area contributed by atoms with E-state index in [4.69, 9.17) is 0 Å². The molecule has 0 saturated heterocycles. The highest BCUT2D eigenvalue weighted by Gasteiger charge is 2.27. The predicted octanol–water partition coefficient (Wildman–Crippen LogP) is 0.514. The van der Waals surface area contributed by atoms with Crippen LogP contribution >= 0.6 is 0 Å². The lowest BCUT2D eigenvalue weighted by Crippen LogP contribution is -2.41. The van der Waals surface area contributed by atoms with Crippen molar-refractivity contribution in [3.63, 3.8) is 0 Å². The molecule has 0 bridgehead atoms. The molecular formula is C10H20N4O2S. The van der Waals surface area contributed by atoms with Crippen LogP contribution in [0.2, 0.25) is 0 Å². The van der Waals surface area contributed by atoms with Crippen molar-refractivity contribution in [3.05, 3.63) is 11.4 Å². The largest absolute Gasteiger partial charge is 0.314 e. The van der Waals surface area contributed by atoms with Gasteiger partial charge in [0.25, 0.3) is 0 Å². The van der Waals surface area contributed by atoms with Gasteiger partial charge in [-0.25, -0.2) is 13.1 Å². The molecule has 1 rings (SSSR count). The minimum atomic E-state index is -3.54. The van der Waals surface area contributed by atoms with Crippen LogP contribution in [-0.2, 0) is 16.6 Å². The number of aryl methyl sites for hydroxylation is 1. The van der Waals surface area contributed by atoms with Gasteiger partial charge in [0.2, 0.25) is 10.0 Å². The van der Waals surface area contributed by atoms with E-state index in [0.717, 1.165) is 0 Å². The number of nitrogens with one attached hydrogen (secondary N) is 3. The summed E-state index contributed by atoms with van der Waals surface area (Å²) in [6.07, 6.45) is 0. The molecule has 1 aromatic heterocycles. The van der Waals surface area contributed by atoms with Gasteiger partial charge in [-0.3, -0.25) is 5.10 Å². The summed E-state index contributed by atoms with van der Waals surface area (Å²) in [4.78, 5) is 0.238. The van der Waals surface area contributed by atoms with Gasteiger partial charge in [0.15, 0.2) is 0 Å². The minimum Gasteiger partial charge on any atom is -0.314 e. The number of hydrogen-bond acceptors (Lipinski definition) is 4. The highest BCUT2D eigenvalue weighted by molar-refractivity contribution is 7.89. The lowest BCUT2D eigenvalue weighted by molar-refractivity contribution is 0.490. The lowest BCUT2D eigenvalue weighted by Gasteiger charge is -2.20. The molecule has 17 heavy (non-hydrogen) atoms. The highest BCUT2D eigenvalue weighted by atomic mass is 32.2. The summed E-state index contributed by atoms with van der Waals surface area (Å²) in [6, 6.07) is 0. The van der Waals surface area contributed by atoms with Gasteiger partial charge in [-0.15, -0.1) is 0 Å². The third-order valence-corrected chi connectivity index (χ3v) is 3.98. The first kappa shape index (κ1) is 14.1. The summed E-state index contributed by atoms with van der Waals surface area (Å²) in [7, 11) is -1.79. The Balaban J connectivity index is 3.19. The Morgan fingerprint density at radius 2 is 1.94 bits per heavy atom. The van der Waals surface area contributed by atoms with Crippen molar-refractivity contribution >= 4 is 10.0 Å². The zero-order valence-corrected chi connectivity index (χ0v) is 11.7. The summed E-state index contributed by atoms with van der Waals surface area (Å²) >= 11 is 0. The number of sulfonamides is 1. The van der Waals surface area contributed by atoms with E-state index < -0.39 is 15.6 Å². The Morgan fingerprint density at radius 1 is 1.35 bits per heavy atom. The first-order valence-corrected chi connectivity index (χ1v) is 6.88. The van der Waals surface area contributed by atoms with Crippen LogP contribution in [0.15, 0.2) is 4.90 Å². The quantitative estimate of drug-likeness (QED) is 0.736. The van der Waals surface area contributed by atoms with Gasteiger partial charge < -0.3 is 5.32 Å². The van der Waals surface area contributed by atoms with E-state index in [9.17, 15) is 8.42 Å². The third kappa shape index (κ3) is 3.52. The molecule has 0 aliphatic carbocycles. The van der Waals surface area contributed by atoms with Crippen molar-refractivity contribution in [2.75, 3.05) is 7.05 Å². The van der Waals surface area contributed by atoms with Crippen LogP contribution in [-0.4, -0.2) is 31.2 Å². The van der Waals surface area contributed by atoms with Gasteiger partial charge in [-0.2, -0.15) is 5.10 Å². The fraction of sp³-hybridized carbons (Fsp3) is 0.700. The SMILES string of the molecule is CNCc1n[nH]c(C)c1S(=O)(=O)NC(C)(C)C. The zero-order valence-electron chi connectivity index (χ0n) is 10.9. The van der Waals surface area contributed by atoms with Gasteiger partial charge in [-0.1, -0.05) is 0 Å². The van der Waals surface area contributed by atoms with Crippen molar-refractivity contribution in [1.82, 2.24) is 20.2 Å². The van der Waals surface area contributed by atoms with E-state index in [1.165, 1.54) is 0 Å². The molecule has 0 fully saturated rings. The van der Waals surface area contributed by atoms with Gasteiger partial charge in [0.1, 0.15) is 4.90 Å². The van der Waals surface area contributed by atoms with Crippen LogP contribution in [0.3, 0.4) is 0 Å². The maximum Gasteiger partial charge on any atom is 0.244 e. The van der Waals surface area contributed by atoms with Crippen LogP contribution in [0, 0.1) is 6.92 Å². The number of aromatic amines is 1. The number of nitrogens with zero attached hydrogens (tertiary/aromatic N) is 1. The summed E-state index contributed by atoms with van der Waals surface area (Å²) in [6.45, 7) is 7.52. The third-order valence-electron chi connectivity index (χ3n) is 2.01. The number of aromatic nitrogens is 2. The molecule has 0 saturated carbocycles. The second-order valence-corrected chi connectivity index (χ2v) is 6.63. The summed E-state index contributed by atoms with van der Waals surface area (Å²) in [5, 5.41) is 9.60. The van der Waals surface area contributed by atoms with Gasteiger partial charge in [0.05, 0.1) is 11.4 Å². The fourth-order valence-corrected chi connectivity index (χ4v) is 3.35. The van der Waals surface area contributed by atoms with E-state index in [-0.39, 0.29) is 4.90 Å². The number of H-pyrrole nitrogens is 1. The van der Waals surface area contributed by atoms with Crippen LogP contribution < -0.4 is 10.0 Å². The van der Waals surface area contributed by atoms with E-state index in [1.54, 1.807) is 34.7 Å². The molecule has 0 aliphatic rings. The van der Waals surface area contributed by atoms with E-state index in [1.807, 2.05) is 0 Å².